The molecule has 0 saturated heterocycles. The number of nitriles is 1. The second kappa shape index (κ2) is 4.73. The van der Waals surface area contributed by atoms with Crippen molar-refractivity contribution in [3.63, 3.8) is 0 Å². The van der Waals surface area contributed by atoms with Crippen LogP contribution in [0.2, 0.25) is 0 Å². The lowest BCUT2D eigenvalue weighted by atomic mass is 10.2. The molecule has 0 aliphatic heterocycles. The van der Waals surface area contributed by atoms with Crippen LogP contribution in [0.5, 0.6) is 0 Å². The van der Waals surface area contributed by atoms with Crippen LogP contribution in [-0.4, -0.2) is 35.6 Å². The number of rotatable bonds is 3. The summed E-state index contributed by atoms with van der Waals surface area (Å²) in [5.74, 6) is -0.882. The van der Waals surface area contributed by atoms with Crippen molar-refractivity contribution in [1.29, 1.82) is 5.26 Å². The van der Waals surface area contributed by atoms with Crippen molar-refractivity contribution in [3.05, 3.63) is 0 Å². The van der Waals surface area contributed by atoms with Crippen LogP contribution in [0, 0.1) is 17.2 Å². The Labute approximate surface area is 72.4 Å². The molecule has 0 rings (SSSR count). The Balaban J connectivity index is 4.03. The fourth-order valence-corrected chi connectivity index (χ4v) is 0.872. The molecule has 1 amide bonds. The first-order valence-corrected chi connectivity index (χ1v) is 3.81. The smallest absolute Gasteiger partial charge is 0.239 e. The molecule has 2 atom stereocenters. The van der Waals surface area contributed by atoms with Crippen LogP contribution in [0.15, 0.2) is 0 Å². The molecule has 0 aliphatic carbocycles. The molecule has 0 heterocycles. The number of hydrogen-bond acceptors (Lipinski definition) is 3. The van der Waals surface area contributed by atoms with Crippen molar-refractivity contribution >= 4 is 5.91 Å². The summed E-state index contributed by atoms with van der Waals surface area (Å²) in [5, 5.41) is 17.4. The van der Waals surface area contributed by atoms with E-state index in [9.17, 15) is 4.79 Å². The minimum absolute atomic E-state index is 0.251. The van der Waals surface area contributed by atoms with Crippen molar-refractivity contribution in [2.24, 2.45) is 5.92 Å². The number of aliphatic hydroxyl groups is 1. The number of carbonyl (C=O) groups is 1. The Morgan fingerprint density at radius 2 is 2.17 bits per heavy atom. The summed E-state index contributed by atoms with van der Waals surface area (Å²) in [6, 6.07) is 1.85. The van der Waals surface area contributed by atoms with Crippen molar-refractivity contribution in [3.8, 4) is 6.07 Å². The molecule has 4 heteroatoms. The second-order valence-corrected chi connectivity index (χ2v) is 2.92. The van der Waals surface area contributed by atoms with Gasteiger partial charge in [-0.2, -0.15) is 5.26 Å². The monoisotopic (exact) mass is 170 g/mol. The number of carbonyl (C=O) groups excluding carboxylic acids is 1. The van der Waals surface area contributed by atoms with E-state index in [0.717, 1.165) is 0 Å². The molecule has 1 N–H and O–H groups in total. The lowest BCUT2D eigenvalue weighted by Crippen LogP contribution is -2.36. The zero-order valence-corrected chi connectivity index (χ0v) is 7.61. The molecule has 0 bridgehead atoms. The van der Waals surface area contributed by atoms with Gasteiger partial charge < -0.3 is 10.0 Å². The Hall–Kier alpha value is -1.08. The highest BCUT2D eigenvalue weighted by Crippen LogP contribution is 1.99. The molecule has 0 aromatic rings. The molecule has 0 fully saturated rings. The van der Waals surface area contributed by atoms with E-state index >= 15 is 0 Å². The predicted molar refractivity (Wildman–Crippen MR) is 44.1 cm³/mol. The Kier molecular flexibility index (Phi) is 4.30. The fourth-order valence-electron chi connectivity index (χ4n) is 0.872. The van der Waals surface area contributed by atoms with Crippen molar-refractivity contribution in [1.82, 2.24) is 4.90 Å². The van der Waals surface area contributed by atoms with Gasteiger partial charge in [-0.05, 0) is 13.8 Å². The van der Waals surface area contributed by atoms with Gasteiger partial charge in [0, 0.05) is 13.6 Å². The van der Waals surface area contributed by atoms with E-state index in [1.165, 1.54) is 4.90 Å². The molecule has 2 unspecified atom stereocenters. The average molecular weight is 170 g/mol. The first-order valence-electron chi connectivity index (χ1n) is 3.81. The maximum Gasteiger partial charge on any atom is 0.239 e. The minimum Gasteiger partial charge on any atom is -0.392 e. The zero-order chi connectivity index (χ0) is 9.72. The standard InChI is InChI=1S/C8H14N2O2/c1-6(4-9)8(12)10(3)5-7(2)11/h6-7,11H,5H2,1-3H3. The SMILES string of the molecule is CC(O)CN(C)C(=O)C(C)C#N. The van der Waals surface area contributed by atoms with E-state index < -0.39 is 12.0 Å². The molecular weight excluding hydrogens is 156 g/mol. The predicted octanol–water partition coefficient (Wildman–Crippen LogP) is -0.0147. The summed E-state index contributed by atoms with van der Waals surface area (Å²) in [5.41, 5.74) is 0. The molecule has 0 aromatic heterocycles. The van der Waals surface area contributed by atoms with Gasteiger partial charge in [-0.25, -0.2) is 0 Å². The quantitative estimate of drug-likeness (QED) is 0.647. The van der Waals surface area contributed by atoms with Crippen LogP contribution < -0.4 is 0 Å². The topological polar surface area (TPSA) is 64.3 Å². The summed E-state index contributed by atoms with van der Waals surface area (Å²) in [6.45, 7) is 3.41. The van der Waals surface area contributed by atoms with Crippen LogP contribution in [0.4, 0.5) is 0 Å². The van der Waals surface area contributed by atoms with Crippen LogP contribution >= 0.6 is 0 Å². The van der Waals surface area contributed by atoms with Gasteiger partial charge in [0.05, 0.1) is 12.2 Å². The van der Waals surface area contributed by atoms with E-state index in [0.29, 0.717) is 0 Å². The Morgan fingerprint density at radius 3 is 2.50 bits per heavy atom. The third-order valence-corrected chi connectivity index (χ3v) is 1.48. The van der Waals surface area contributed by atoms with Gasteiger partial charge in [-0.3, -0.25) is 4.79 Å². The van der Waals surface area contributed by atoms with Crippen molar-refractivity contribution in [2.75, 3.05) is 13.6 Å². The molecule has 12 heavy (non-hydrogen) atoms. The lowest BCUT2D eigenvalue weighted by molar-refractivity contribution is -0.133. The third-order valence-electron chi connectivity index (χ3n) is 1.48. The van der Waals surface area contributed by atoms with Gasteiger partial charge in [0.1, 0.15) is 5.92 Å². The fraction of sp³-hybridized carbons (Fsp3) is 0.750. The zero-order valence-electron chi connectivity index (χ0n) is 7.61. The summed E-state index contributed by atoms with van der Waals surface area (Å²) in [6.07, 6.45) is -0.551. The summed E-state index contributed by atoms with van der Waals surface area (Å²) in [4.78, 5) is 12.6. The molecule has 0 spiro atoms. The molecular formula is C8H14N2O2. The molecule has 0 aromatic carbocycles. The van der Waals surface area contributed by atoms with Gasteiger partial charge >= 0.3 is 0 Å². The van der Waals surface area contributed by atoms with Gasteiger partial charge in [-0.15, -0.1) is 0 Å². The highest BCUT2D eigenvalue weighted by Gasteiger charge is 2.17. The highest BCUT2D eigenvalue weighted by molar-refractivity contribution is 5.80. The number of aliphatic hydroxyl groups excluding tert-OH is 1. The van der Waals surface area contributed by atoms with E-state index in [1.807, 2.05) is 6.07 Å². The van der Waals surface area contributed by atoms with Gasteiger partial charge in [0.15, 0.2) is 0 Å². The van der Waals surface area contributed by atoms with Gasteiger partial charge in [0.25, 0.3) is 0 Å². The largest absolute Gasteiger partial charge is 0.392 e. The lowest BCUT2D eigenvalue weighted by Gasteiger charge is -2.19. The molecule has 4 nitrogen and oxygen atoms in total. The van der Waals surface area contributed by atoms with Crippen LogP contribution in [0.3, 0.4) is 0 Å². The first-order chi connectivity index (χ1) is 5.49. The number of hydrogen-bond donors (Lipinski definition) is 1. The minimum atomic E-state index is -0.631. The van der Waals surface area contributed by atoms with Crippen LogP contribution in [-0.2, 0) is 4.79 Å². The number of amides is 1. The third kappa shape index (κ3) is 3.35. The molecule has 68 valence electrons. The van der Waals surface area contributed by atoms with E-state index in [1.54, 1.807) is 20.9 Å². The van der Waals surface area contributed by atoms with Crippen molar-refractivity contribution in [2.45, 2.75) is 20.0 Å². The van der Waals surface area contributed by atoms with Crippen LogP contribution in [0.1, 0.15) is 13.8 Å². The van der Waals surface area contributed by atoms with Crippen molar-refractivity contribution < 1.29 is 9.90 Å². The first kappa shape index (κ1) is 10.9. The summed E-state index contributed by atoms with van der Waals surface area (Å²) < 4.78 is 0. The normalized spacial score (nSPS) is 14.6. The molecule has 0 radical (unpaired) electrons. The van der Waals surface area contributed by atoms with E-state index in [-0.39, 0.29) is 12.5 Å². The van der Waals surface area contributed by atoms with E-state index in [4.69, 9.17) is 10.4 Å². The van der Waals surface area contributed by atoms with Gasteiger partial charge in [0.2, 0.25) is 5.91 Å². The number of likely N-dealkylation sites (N-methyl/N-ethyl adjacent to an activating group) is 1. The Morgan fingerprint density at radius 1 is 1.67 bits per heavy atom. The molecule has 0 aliphatic rings. The van der Waals surface area contributed by atoms with Crippen LogP contribution in [0.25, 0.3) is 0 Å². The Bertz CT molecular complexity index is 196. The number of nitrogens with zero attached hydrogens (tertiary/aromatic N) is 2. The maximum atomic E-state index is 11.2. The average Bonchev–Trinajstić information content (AvgIpc) is 2.00. The molecule has 0 saturated carbocycles. The van der Waals surface area contributed by atoms with Gasteiger partial charge in [-0.1, -0.05) is 0 Å². The second-order valence-electron chi connectivity index (χ2n) is 2.92. The highest BCUT2D eigenvalue weighted by atomic mass is 16.3. The summed E-state index contributed by atoms with van der Waals surface area (Å²) >= 11 is 0. The summed E-state index contributed by atoms with van der Waals surface area (Å²) in [7, 11) is 1.57. The van der Waals surface area contributed by atoms with E-state index in [2.05, 4.69) is 0 Å². The maximum absolute atomic E-state index is 11.2.